The lowest BCUT2D eigenvalue weighted by molar-refractivity contribution is -0.138. The molecule has 0 radical (unpaired) electrons. The lowest BCUT2D eigenvalue weighted by atomic mass is 10.0. The number of aryl methyl sites for hydroxylation is 2. The Kier molecular flexibility index (Phi) is 4.52. The van der Waals surface area contributed by atoms with Crippen molar-refractivity contribution in [2.45, 2.75) is 20.4 Å². The predicted octanol–water partition coefficient (Wildman–Crippen LogP) is 1.83. The van der Waals surface area contributed by atoms with Gasteiger partial charge in [0, 0.05) is 6.54 Å². The molecular weight excluding hydrogens is 218 g/mol. The first-order valence-corrected chi connectivity index (χ1v) is 5.48. The van der Waals surface area contributed by atoms with E-state index in [1.807, 2.05) is 26.0 Å². The Labute approximate surface area is 102 Å². The van der Waals surface area contributed by atoms with Crippen LogP contribution in [0.2, 0.25) is 0 Å². The molecule has 1 N–H and O–H groups in total. The Bertz CT molecular complexity index is 415. The van der Waals surface area contributed by atoms with Crippen LogP contribution in [0.4, 0.5) is 0 Å². The van der Waals surface area contributed by atoms with Crippen molar-refractivity contribution in [2.24, 2.45) is 0 Å². The Morgan fingerprint density at radius 1 is 1.35 bits per heavy atom. The van der Waals surface area contributed by atoms with Gasteiger partial charge in [0.1, 0.15) is 5.75 Å². The van der Waals surface area contributed by atoms with Crippen molar-refractivity contribution < 1.29 is 14.6 Å². The first kappa shape index (κ1) is 13.5. The molecule has 0 amide bonds. The lowest BCUT2D eigenvalue weighted by Gasteiger charge is -2.17. The highest BCUT2D eigenvalue weighted by molar-refractivity contribution is 5.69. The zero-order valence-corrected chi connectivity index (χ0v) is 10.8. The number of benzene rings is 1. The summed E-state index contributed by atoms with van der Waals surface area (Å²) in [6.07, 6.45) is 0. The van der Waals surface area contributed by atoms with Crippen molar-refractivity contribution in [2.75, 3.05) is 20.7 Å². The van der Waals surface area contributed by atoms with Crippen LogP contribution < -0.4 is 4.74 Å². The molecule has 0 saturated heterocycles. The zero-order valence-electron chi connectivity index (χ0n) is 10.8. The van der Waals surface area contributed by atoms with Crippen LogP contribution in [0.25, 0.3) is 0 Å². The summed E-state index contributed by atoms with van der Waals surface area (Å²) < 4.78 is 5.24. The van der Waals surface area contributed by atoms with Crippen molar-refractivity contribution in [3.8, 4) is 5.75 Å². The summed E-state index contributed by atoms with van der Waals surface area (Å²) in [6, 6.07) is 4.03. The highest BCUT2D eigenvalue weighted by Gasteiger charge is 2.09. The summed E-state index contributed by atoms with van der Waals surface area (Å²) in [4.78, 5) is 12.4. The van der Waals surface area contributed by atoms with Crippen LogP contribution in [0.5, 0.6) is 5.75 Å². The number of carboxylic acid groups (broad SMARTS) is 1. The van der Waals surface area contributed by atoms with Gasteiger partial charge in [-0.1, -0.05) is 6.07 Å². The second kappa shape index (κ2) is 5.68. The third-order valence-electron chi connectivity index (χ3n) is 2.70. The van der Waals surface area contributed by atoms with Gasteiger partial charge in [-0.15, -0.1) is 0 Å². The molecule has 0 aliphatic rings. The summed E-state index contributed by atoms with van der Waals surface area (Å²) in [5.41, 5.74) is 3.31. The molecule has 17 heavy (non-hydrogen) atoms. The number of likely N-dealkylation sites (N-methyl/N-ethyl adjacent to an activating group) is 1. The molecule has 0 atom stereocenters. The van der Waals surface area contributed by atoms with Gasteiger partial charge in [0.25, 0.3) is 0 Å². The summed E-state index contributed by atoms with van der Waals surface area (Å²) in [6.45, 7) is 4.67. The Hall–Kier alpha value is -1.55. The van der Waals surface area contributed by atoms with Gasteiger partial charge in [0.05, 0.1) is 13.7 Å². The SMILES string of the molecule is COc1cc(C)c(CN(C)CC(=O)O)cc1C. The molecule has 0 fully saturated rings. The molecule has 1 rings (SSSR count). The summed E-state index contributed by atoms with van der Waals surface area (Å²) in [5, 5.41) is 8.71. The quantitative estimate of drug-likeness (QED) is 0.848. The van der Waals surface area contributed by atoms with E-state index in [2.05, 4.69) is 0 Å². The number of aliphatic carboxylic acids is 1. The number of rotatable bonds is 5. The van der Waals surface area contributed by atoms with E-state index >= 15 is 0 Å². The number of carboxylic acids is 1. The number of nitrogens with zero attached hydrogens (tertiary/aromatic N) is 1. The molecule has 0 aliphatic carbocycles. The van der Waals surface area contributed by atoms with E-state index in [-0.39, 0.29) is 6.54 Å². The number of methoxy groups -OCH3 is 1. The lowest BCUT2D eigenvalue weighted by Crippen LogP contribution is -2.25. The second-order valence-corrected chi connectivity index (χ2v) is 4.31. The summed E-state index contributed by atoms with van der Waals surface area (Å²) in [5.74, 6) is 0.0579. The van der Waals surface area contributed by atoms with Crippen molar-refractivity contribution in [1.29, 1.82) is 0 Å². The minimum atomic E-state index is -0.810. The van der Waals surface area contributed by atoms with Crippen molar-refractivity contribution in [1.82, 2.24) is 4.90 Å². The van der Waals surface area contributed by atoms with Crippen LogP contribution in [0.15, 0.2) is 12.1 Å². The monoisotopic (exact) mass is 237 g/mol. The molecule has 0 saturated carbocycles. The van der Waals surface area contributed by atoms with Crippen molar-refractivity contribution in [3.05, 3.63) is 28.8 Å². The van der Waals surface area contributed by atoms with Crippen LogP contribution in [-0.2, 0) is 11.3 Å². The number of hydrogen-bond acceptors (Lipinski definition) is 3. The van der Waals surface area contributed by atoms with E-state index in [1.54, 1.807) is 19.1 Å². The van der Waals surface area contributed by atoms with E-state index in [4.69, 9.17) is 9.84 Å². The molecule has 0 bridgehead atoms. The maximum Gasteiger partial charge on any atom is 0.317 e. The topological polar surface area (TPSA) is 49.8 Å². The van der Waals surface area contributed by atoms with E-state index < -0.39 is 5.97 Å². The Balaban J connectivity index is 2.84. The third-order valence-corrected chi connectivity index (χ3v) is 2.70. The molecular formula is C13H19NO3. The van der Waals surface area contributed by atoms with Gasteiger partial charge in [-0.3, -0.25) is 9.69 Å². The maximum absolute atomic E-state index is 10.6. The average molecular weight is 237 g/mol. The summed E-state index contributed by atoms with van der Waals surface area (Å²) >= 11 is 0. The molecule has 94 valence electrons. The van der Waals surface area contributed by atoms with Crippen LogP contribution in [0.3, 0.4) is 0 Å². The Morgan fingerprint density at radius 3 is 2.53 bits per heavy atom. The standard InChI is InChI=1S/C13H19NO3/c1-9-6-12(17-4)10(2)5-11(9)7-14(3)8-13(15)16/h5-6H,7-8H2,1-4H3,(H,15,16). The van der Waals surface area contributed by atoms with Gasteiger partial charge >= 0.3 is 5.97 Å². The van der Waals surface area contributed by atoms with Gasteiger partial charge in [-0.25, -0.2) is 0 Å². The van der Waals surface area contributed by atoms with Crippen molar-refractivity contribution in [3.63, 3.8) is 0 Å². The molecule has 0 spiro atoms. The fourth-order valence-electron chi connectivity index (χ4n) is 1.82. The van der Waals surface area contributed by atoms with E-state index in [1.165, 1.54) is 0 Å². The van der Waals surface area contributed by atoms with Crippen LogP contribution in [0, 0.1) is 13.8 Å². The largest absolute Gasteiger partial charge is 0.496 e. The fourth-order valence-corrected chi connectivity index (χ4v) is 1.82. The molecule has 0 heterocycles. The third kappa shape index (κ3) is 3.75. The van der Waals surface area contributed by atoms with E-state index in [9.17, 15) is 4.79 Å². The summed E-state index contributed by atoms with van der Waals surface area (Å²) in [7, 11) is 3.45. The fraction of sp³-hybridized carbons (Fsp3) is 0.462. The van der Waals surface area contributed by atoms with Gasteiger partial charge in [-0.05, 0) is 43.7 Å². The number of ether oxygens (including phenoxy) is 1. The number of hydrogen-bond donors (Lipinski definition) is 1. The minimum absolute atomic E-state index is 0.0461. The van der Waals surface area contributed by atoms with Gasteiger partial charge in [-0.2, -0.15) is 0 Å². The maximum atomic E-state index is 10.6. The molecule has 1 aromatic rings. The predicted molar refractivity (Wildman–Crippen MR) is 66.4 cm³/mol. The zero-order chi connectivity index (χ0) is 13.0. The normalized spacial score (nSPS) is 10.6. The van der Waals surface area contributed by atoms with Crippen LogP contribution in [0.1, 0.15) is 16.7 Å². The highest BCUT2D eigenvalue weighted by atomic mass is 16.5. The van der Waals surface area contributed by atoms with Crippen LogP contribution >= 0.6 is 0 Å². The van der Waals surface area contributed by atoms with E-state index in [0.717, 1.165) is 22.4 Å². The molecule has 1 aromatic carbocycles. The first-order valence-electron chi connectivity index (χ1n) is 5.48. The smallest absolute Gasteiger partial charge is 0.317 e. The first-order chi connectivity index (χ1) is 7.93. The average Bonchev–Trinajstić information content (AvgIpc) is 2.21. The molecule has 0 aromatic heterocycles. The minimum Gasteiger partial charge on any atom is -0.496 e. The molecule has 0 unspecified atom stereocenters. The molecule has 0 aliphatic heterocycles. The van der Waals surface area contributed by atoms with Gasteiger partial charge < -0.3 is 9.84 Å². The van der Waals surface area contributed by atoms with Crippen molar-refractivity contribution >= 4 is 5.97 Å². The van der Waals surface area contributed by atoms with Gasteiger partial charge in [0.15, 0.2) is 0 Å². The number of carbonyl (C=O) groups is 1. The second-order valence-electron chi connectivity index (χ2n) is 4.31. The molecule has 4 heteroatoms. The Morgan fingerprint density at radius 2 is 2.00 bits per heavy atom. The van der Waals surface area contributed by atoms with Crippen LogP contribution in [-0.4, -0.2) is 36.7 Å². The van der Waals surface area contributed by atoms with Gasteiger partial charge in [0.2, 0.25) is 0 Å². The van der Waals surface area contributed by atoms with E-state index in [0.29, 0.717) is 6.54 Å². The highest BCUT2D eigenvalue weighted by Crippen LogP contribution is 2.23. The molecule has 4 nitrogen and oxygen atoms in total.